The van der Waals surface area contributed by atoms with E-state index in [-0.39, 0.29) is 17.8 Å². The minimum absolute atomic E-state index is 0.0441. The first-order valence-electron chi connectivity index (χ1n) is 12.4. The molecule has 4 heterocycles. The molecule has 188 valence electrons. The summed E-state index contributed by atoms with van der Waals surface area (Å²) in [6.45, 7) is 7.33. The summed E-state index contributed by atoms with van der Waals surface area (Å²) in [5.41, 5.74) is 3.71. The number of nitrogens with one attached hydrogen (secondary N) is 1. The number of halogens is 1. The monoisotopic (exact) mass is 490 g/mol. The molecular formula is C27H31FN6O2. The Morgan fingerprint density at radius 3 is 2.64 bits per heavy atom. The van der Waals surface area contributed by atoms with E-state index in [0.717, 1.165) is 22.4 Å². The Bertz CT molecular complexity index is 1280. The number of rotatable bonds is 5. The zero-order valence-corrected chi connectivity index (χ0v) is 20.9. The second-order valence-electron chi connectivity index (χ2n) is 9.71. The van der Waals surface area contributed by atoms with Gasteiger partial charge in [-0.2, -0.15) is 5.10 Å². The van der Waals surface area contributed by atoms with Crippen molar-refractivity contribution in [3.05, 3.63) is 65.4 Å². The van der Waals surface area contributed by atoms with Gasteiger partial charge in [0.1, 0.15) is 11.6 Å². The number of hydrogen-bond acceptors (Lipinski definition) is 4. The van der Waals surface area contributed by atoms with E-state index in [1.54, 1.807) is 31.0 Å². The lowest BCUT2D eigenvalue weighted by molar-refractivity contribution is -0.131. The Hall–Kier alpha value is -3.75. The van der Waals surface area contributed by atoms with Crippen LogP contribution in [0.3, 0.4) is 0 Å². The number of likely N-dealkylation sites (tertiary alicyclic amines) is 1. The fourth-order valence-corrected chi connectivity index (χ4v) is 5.44. The number of urea groups is 1. The Morgan fingerprint density at radius 2 is 1.97 bits per heavy atom. The van der Waals surface area contributed by atoms with Gasteiger partial charge < -0.3 is 9.80 Å². The highest BCUT2D eigenvalue weighted by Crippen LogP contribution is 2.40. The third-order valence-corrected chi connectivity index (χ3v) is 7.71. The van der Waals surface area contributed by atoms with Gasteiger partial charge in [0.25, 0.3) is 0 Å². The molecule has 3 aromatic rings. The van der Waals surface area contributed by atoms with Gasteiger partial charge in [0.05, 0.1) is 24.0 Å². The van der Waals surface area contributed by atoms with E-state index in [1.807, 2.05) is 41.1 Å². The van der Waals surface area contributed by atoms with E-state index in [9.17, 15) is 14.0 Å². The largest absolute Gasteiger partial charge is 0.343 e. The fourth-order valence-electron chi connectivity index (χ4n) is 5.44. The van der Waals surface area contributed by atoms with Gasteiger partial charge in [0, 0.05) is 43.9 Å². The normalized spacial score (nSPS) is 17.3. The molecule has 1 aromatic carbocycles. The summed E-state index contributed by atoms with van der Waals surface area (Å²) in [4.78, 5) is 36.3. The zero-order chi connectivity index (χ0) is 25.4. The maximum atomic E-state index is 14.3. The van der Waals surface area contributed by atoms with Crippen molar-refractivity contribution in [3.63, 3.8) is 0 Å². The van der Waals surface area contributed by atoms with Crippen LogP contribution in [-0.2, 0) is 17.8 Å². The van der Waals surface area contributed by atoms with Crippen molar-refractivity contribution in [3.8, 4) is 11.1 Å². The van der Waals surface area contributed by atoms with Crippen LogP contribution in [0.1, 0.15) is 43.5 Å². The molecule has 8 nitrogen and oxygen atoms in total. The number of aryl methyl sites for hydroxylation is 1. The highest BCUT2D eigenvalue weighted by Gasteiger charge is 2.52. The second kappa shape index (κ2) is 9.37. The lowest BCUT2D eigenvalue weighted by Gasteiger charge is -2.43. The van der Waals surface area contributed by atoms with E-state index in [2.05, 4.69) is 10.2 Å². The minimum Gasteiger partial charge on any atom is -0.343 e. The second-order valence-corrected chi connectivity index (χ2v) is 9.71. The van der Waals surface area contributed by atoms with Gasteiger partial charge in [0.15, 0.2) is 0 Å². The highest BCUT2D eigenvalue weighted by atomic mass is 19.1. The van der Waals surface area contributed by atoms with Crippen LogP contribution in [-0.4, -0.2) is 62.1 Å². The minimum atomic E-state index is -0.459. The molecule has 9 heteroatoms. The average Bonchev–Trinajstić information content (AvgIpc) is 3.50. The van der Waals surface area contributed by atoms with Crippen molar-refractivity contribution in [1.82, 2.24) is 25.0 Å². The molecule has 0 atom stereocenters. The molecule has 2 aliphatic rings. The molecule has 0 aliphatic carbocycles. The number of pyridine rings is 1. The van der Waals surface area contributed by atoms with Crippen LogP contribution in [0, 0.1) is 12.7 Å². The van der Waals surface area contributed by atoms with E-state index >= 15 is 0 Å². The maximum absolute atomic E-state index is 14.3. The topological polar surface area (TPSA) is 85.4 Å². The first kappa shape index (κ1) is 24.0. The van der Waals surface area contributed by atoms with E-state index < -0.39 is 5.54 Å². The standard InChI is InChI=1S/C27H31FN6O2/c1-4-24-22(21-14-29-30-15-21)8-9-25(31-24)33-17-27(10-12-32(13-11-27)19(3)35)34(26(33)36)16-20-6-5-7-23(28)18(20)2/h5-9,14-15H,4,10-13,16-17H2,1-3H3,(H,29,30). The molecule has 2 aliphatic heterocycles. The Balaban J connectivity index is 1.50. The quantitative estimate of drug-likeness (QED) is 0.578. The van der Waals surface area contributed by atoms with Crippen LogP contribution in [0.2, 0.25) is 0 Å². The van der Waals surface area contributed by atoms with Crippen molar-refractivity contribution in [2.24, 2.45) is 0 Å². The third-order valence-electron chi connectivity index (χ3n) is 7.71. The maximum Gasteiger partial charge on any atom is 0.326 e. The van der Waals surface area contributed by atoms with Crippen molar-refractivity contribution >= 4 is 17.8 Å². The summed E-state index contributed by atoms with van der Waals surface area (Å²) in [5, 5.41) is 6.89. The molecule has 1 N–H and O–H groups in total. The van der Waals surface area contributed by atoms with Gasteiger partial charge in [-0.3, -0.25) is 14.8 Å². The molecule has 0 radical (unpaired) electrons. The number of H-pyrrole nitrogens is 1. The van der Waals surface area contributed by atoms with E-state index in [1.165, 1.54) is 6.07 Å². The van der Waals surface area contributed by atoms with Crippen LogP contribution >= 0.6 is 0 Å². The molecule has 2 saturated heterocycles. The molecular weight excluding hydrogens is 459 g/mol. The van der Waals surface area contributed by atoms with E-state index in [4.69, 9.17) is 4.98 Å². The number of aromatic amines is 1. The van der Waals surface area contributed by atoms with Gasteiger partial charge in [-0.15, -0.1) is 0 Å². The van der Waals surface area contributed by atoms with Crippen LogP contribution < -0.4 is 4.90 Å². The smallest absolute Gasteiger partial charge is 0.326 e. The molecule has 1 spiro atoms. The van der Waals surface area contributed by atoms with Crippen LogP contribution in [0.15, 0.2) is 42.7 Å². The Kier molecular flexibility index (Phi) is 6.24. The zero-order valence-electron chi connectivity index (χ0n) is 20.9. The number of hydrogen-bond donors (Lipinski definition) is 1. The summed E-state index contributed by atoms with van der Waals surface area (Å²) in [5.74, 6) is 0.374. The number of carbonyl (C=O) groups excluding carboxylic acids is 2. The average molecular weight is 491 g/mol. The van der Waals surface area contributed by atoms with Crippen LogP contribution in [0.4, 0.5) is 15.0 Å². The van der Waals surface area contributed by atoms with Gasteiger partial charge in [-0.05, 0) is 55.5 Å². The molecule has 2 aromatic heterocycles. The van der Waals surface area contributed by atoms with Crippen molar-refractivity contribution in [2.75, 3.05) is 24.5 Å². The number of aromatic nitrogens is 3. The number of anilines is 1. The summed E-state index contributed by atoms with van der Waals surface area (Å²) >= 11 is 0. The molecule has 36 heavy (non-hydrogen) atoms. The predicted molar refractivity (Wildman–Crippen MR) is 135 cm³/mol. The molecule has 0 bridgehead atoms. The van der Waals surface area contributed by atoms with Crippen molar-refractivity contribution < 1.29 is 14.0 Å². The van der Waals surface area contributed by atoms with Crippen LogP contribution in [0.25, 0.3) is 11.1 Å². The predicted octanol–water partition coefficient (Wildman–Crippen LogP) is 4.30. The third kappa shape index (κ3) is 4.12. The number of amides is 3. The lowest BCUT2D eigenvalue weighted by atomic mass is 9.86. The highest BCUT2D eigenvalue weighted by molar-refractivity contribution is 5.95. The lowest BCUT2D eigenvalue weighted by Crippen LogP contribution is -2.54. The Morgan fingerprint density at radius 1 is 1.19 bits per heavy atom. The number of nitrogens with zero attached hydrogens (tertiary/aromatic N) is 5. The number of carbonyl (C=O) groups is 2. The summed E-state index contributed by atoms with van der Waals surface area (Å²) < 4.78 is 14.3. The number of piperidine rings is 1. The van der Waals surface area contributed by atoms with Crippen LogP contribution in [0.5, 0.6) is 0 Å². The summed E-state index contributed by atoms with van der Waals surface area (Å²) in [6.07, 6.45) is 5.63. The molecule has 2 fully saturated rings. The molecule has 3 amide bonds. The van der Waals surface area contributed by atoms with Gasteiger partial charge in [0.2, 0.25) is 5.91 Å². The van der Waals surface area contributed by atoms with Gasteiger partial charge >= 0.3 is 6.03 Å². The SMILES string of the molecule is CCc1nc(N2CC3(CCN(C(C)=O)CC3)N(Cc3cccc(F)c3C)C2=O)ccc1-c1cn[nH]c1. The molecule has 0 unspecified atom stereocenters. The summed E-state index contributed by atoms with van der Waals surface area (Å²) in [6, 6.07) is 8.74. The number of benzene rings is 1. The molecule has 5 rings (SSSR count). The molecule has 0 saturated carbocycles. The fraction of sp³-hybridized carbons (Fsp3) is 0.407. The van der Waals surface area contributed by atoms with Gasteiger partial charge in [-0.25, -0.2) is 14.2 Å². The van der Waals surface area contributed by atoms with Crippen molar-refractivity contribution in [1.29, 1.82) is 0 Å². The van der Waals surface area contributed by atoms with Crippen molar-refractivity contribution in [2.45, 2.75) is 52.1 Å². The van der Waals surface area contributed by atoms with E-state index in [0.29, 0.717) is 56.8 Å². The summed E-state index contributed by atoms with van der Waals surface area (Å²) in [7, 11) is 0. The first-order valence-corrected chi connectivity index (χ1v) is 12.4. The Labute approximate surface area is 210 Å². The van der Waals surface area contributed by atoms with Gasteiger partial charge in [-0.1, -0.05) is 19.1 Å². The first-order chi connectivity index (χ1) is 17.3.